The smallest absolute Gasteiger partial charge is 0.252 e. The van der Waals surface area contributed by atoms with Crippen LogP contribution in [0.25, 0.3) is 0 Å². The normalized spacial score (nSPS) is 22.3. The molecule has 29 heavy (non-hydrogen) atoms. The number of H-pyrrole nitrogens is 1. The Morgan fingerprint density at radius 2 is 2.21 bits per heavy atom. The Balaban J connectivity index is 1.58. The van der Waals surface area contributed by atoms with Gasteiger partial charge < -0.3 is 19.6 Å². The fourth-order valence-electron chi connectivity index (χ4n) is 4.20. The number of rotatable bonds is 4. The lowest BCUT2D eigenvalue weighted by Gasteiger charge is -2.35. The van der Waals surface area contributed by atoms with E-state index in [1.165, 1.54) is 0 Å². The van der Waals surface area contributed by atoms with Crippen molar-refractivity contribution in [1.29, 1.82) is 0 Å². The molecule has 0 bridgehead atoms. The van der Waals surface area contributed by atoms with Gasteiger partial charge in [0.05, 0.1) is 11.6 Å². The second-order valence-electron chi connectivity index (χ2n) is 7.94. The number of fused-ring (bicyclic) bond motifs is 1. The Hall–Kier alpha value is -1.86. The molecule has 156 valence electrons. The number of nitrogens with zero attached hydrogens (tertiary/aromatic N) is 1. The first-order valence-electron chi connectivity index (χ1n) is 10.1. The fraction of sp³-hybridized carbons (Fsp3) is 0.500. The molecule has 0 amide bonds. The van der Waals surface area contributed by atoms with Gasteiger partial charge in [0.1, 0.15) is 18.1 Å². The number of aliphatic hydroxyl groups excluding tert-OH is 1. The number of hydrogen-bond donors (Lipinski definition) is 2. The number of aliphatic hydroxyl groups is 1. The third-order valence-corrected chi connectivity index (χ3v) is 6.16. The van der Waals surface area contributed by atoms with Crippen LogP contribution in [0.2, 0.25) is 5.02 Å². The van der Waals surface area contributed by atoms with Gasteiger partial charge in [-0.1, -0.05) is 17.7 Å². The Morgan fingerprint density at radius 1 is 1.38 bits per heavy atom. The molecule has 0 spiro atoms. The number of benzene rings is 1. The maximum atomic E-state index is 12.4. The molecule has 2 aliphatic rings. The highest BCUT2D eigenvalue weighted by atomic mass is 35.5. The van der Waals surface area contributed by atoms with Gasteiger partial charge in [0, 0.05) is 36.5 Å². The van der Waals surface area contributed by atoms with E-state index in [9.17, 15) is 9.90 Å². The summed E-state index contributed by atoms with van der Waals surface area (Å²) in [4.78, 5) is 17.1. The van der Waals surface area contributed by atoms with Gasteiger partial charge in [0.2, 0.25) is 0 Å². The number of pyridine rings is 1. The topological polar surface area (TPSA) is 74.8 Å². The molecule has 0 radical (unpaired) electrons. The zero-order valence-corrected chi connectivity index (χ0v) is 17.6. The Morgan fingerprint density at radius 3 is 2.93 bits per heavy atom. The van der Waals surface area contributed by atoms with Crippen LogP contribution in [0, 0.1) is 13.8 Å². The van der Waals surface area contributed by atoms with Crippen LogP contribution < -0.4 is 10.3 Å². The van der Waals surface area contributed by atoms with Gasteiger partial charge in [0.25, 0.3) is 5.56 Å². The van der Waals surface area contributed by atoms with Crippen LogP contribution in [0.4, 0.5) is 0 Å². The summed E-state index contributed by atoms with van der Waals surface area (Å²) < 4.78 is 11.5. The van der Waals surface area contributed by atoms with E-state index >= 15 is 0 Å². The highest BCUT2D eigenvalue weighted by Crippen LogP contribution is 2.40. The molecule has 3 heterocycles. The van der Waals surface area contributed by atoms with E-state index in [0.717, 1.165) is 42.7 Å². The summed E-state index contributed by atoms with van der Waals surface area (Å²) in [6, 6.07) is 5.81. The van der Waals surface area contributed by atoms with Crippen molar-refractivity contribution in [1.82, 2.24) is 9.88 Å². The molecule has 0 saturated carbocycles. The molecule has 7 heteroatoms. The number of hydrogen-bond acceptors (Lipinski definition) is 5. The monoisotopic (exact) mass is 418 g/mol. The highest BCUT2D eigenvalue weighted by Gasteiger charge is 2.30. The minimum atomic E-state index is -0.891. The minimum Gasteiger partial charge on any atom is -0.486 e. The summed E-state index contributed by atoms with van der Waals surface area (Å²) in [5.41, 5.74) is 4.00. The molecule has 1 aromatic heterocycles. The van der Waals surface area contributed by atoms with Crippen molar-refractivity contribution in [3.8, 4) is 5.75 Å². The number of ether oxygens (including phenoxy) is 2. The number of nitrogens with one attached hydrogen (secondary N) is 1. The summed E-state index contributed by atoms with van der Waals surface area (Å²) in [7, 11) is 0. The zero-order valence-electron chi connectivity index (χ0n) is 16.8. The third-order valence-electron chi connectivity index (χ3n) is 5.77. The fourth-order valence-corrected chi connectivity index (χ4v) is 4.53. The molecule has 1 saturated heterocycles. The van der Waals surface area contributed by atoms with Crippen LogP contribution in [0.15, 0.2) is 23.0 Å². The van der Waals surface area contributed by atoms with Crippen LogP contribution in [-0.2, 0) is 17.7 Å². The largest absolute Gasteiger partial charge is 0.486 e. The van der Waals surface area contributed by atoms with Gasteiger partial charge in [-0.05, 0) is 56.4 Å². The molecule has 4 rings (SSSR count). The van der Waals surface area contributed by atoms with Crippen LogP contribution in [0.3, 0.4) is 0 Å². The van der Waals surface area contributed by atoms with Gasteiger partial charge in [-0.3, -0.25) is 9.69 Å². The highest BCUT2D eigenvalue weighted by molar-refractivity contribution is 6.33. The van der Waals surface area contributed by atoms with Crippen molar-refractivity contribution >= 4 is 11.6 Å². The zero-order chi connectivity index (χ0) is 20.5. The third kappa shape index (κ3) is 4.21. The number of aromatic nitrogens is 1. The standard InChI is InChI=1S/C22H27ClN2O4/c1-13-10-14(2)24-21(26)17(13)11-25-8-7-15-5-6-18(20(23)19(15)22(25)27)29-16-4-3-9-28-12-16/h5-6,10,16,22,27H,3-4,7-9,11-12H2,1-2H3,(H,24,26)/t16-,22?/m1/s1. The van der Waals surface area contributed by atoms with Gasteiger partial charge in [-0.2, -0.15) is 0 Å². The van der Waals surface area contributed by atoms with E-state index in [4.69, 9.17) is 21.1 Å². The summed E-state index contributed by atoms with van der Waals surface area (Å²) in [5.74, 6) is 0.575. The van der Waals surface area contributed by atoms with Gasteiger partial charge in [0.15, 0.2) is 0 Å². The lowest BCUT2D eigenvalue weighted by atomic mass is 9.96. The van der Waals surface area contributed by atoms with Crippen LogP contribution in [0.1, 0.15) is 47.0 Å². The first kappa shape index (κ1) is 20.4. The lowest BCUT2D eigenvalue weighted by Crippen LogP contribution is -2.37. The molecule has 2 atom stereocenters. The van der Waals surface area contributed by atoms with Crippen molar-refractivity contribution in [3.63, 3.8) is 0 Å². The average Bonchev–Trinajstić information content (AvgIpc) is 2.69. The summed E-state index contributed by atoms with van der Waals surface area (Å²) in [5, 5.41) is 11.5. The van der Waals surface area contributed by atoms with E-state index in [2.05, 4.69) is 4.98 Å². The molecule has 2 N–H and O–H groups in total. The van der Waals surface area contributed by atoms with Crippen molar-refractivity contribution < 1.29 is 14.6 Å². The number of aromatic amines is 1. The van der Waals surface area contributed by atoms with Crippen molar-refractivity contribution in [2.75, 3.05) is 19.8 Å². The molecular formula is C22H27ClN2O4. The van der Waals surface area contributed by atoms with Gasteiger partial charge >= 0.3 is 0 Å². The van der Waals surface area contributed by atoms with E-state index in [1.54, 1.807) is 0 Å². The van der Waals surface area contributed by atoms with Gasteiger partial charge in [-0.25, -0.2) is 0 Å². The Labute approximate surface area is 175 Å². The molecule has 2 aromatic rings. The van der Waals surface area contributed by atoms with Crippen LogP contribution in [-0.4, -0.2) is 40.9 Å². The number of halogens is 1. The SMILES string of the molecule is Cc1cc(C)c(CN2CCc3ccc(O[C@@H]4CCCOC4)c(Cl)c3C2O)c(=O)[nH]1. The molecule has 1 unspecified atom stereocenters. The molecule has 2 aliphatic heterocycles. The quantitative estimate of drug-likeness (QED) is 0.797. The Bertz CT molecular complexity index is 953. The minimum absolute atomic E-state index is 0.0232. The van der Waals surface area contributed by atoms with E-state index in [1.807, 2.05) is 36.9 Å². The predicted molar refractivity (Wildman–Crippen MR) is 112 cm³/mol. The maximum absolute atomic E-state index is 12.4. The molecule has 6 nitrogen and oxygen atoms in total. The molecule has 0 aliphatic carbocycles. The predicted octanol–water partition coefficient (Wildman–Crippen LogP) is 3.25. The summed E-state index contributed by atoms with van der Waals surface area (Å²) in [6.07, 6.45) is 1.73. The summed E-state index contributed by atoms with van der Waals surface area (Å²) >= 11 is 6.67. The molecule has 1 fully saturated rings. The first-order valence-corrected chi connectivity index (χ1v) is 10.5. The van der Waals surface area contributed by atoms with Crippen molar-refractivity contribution in [2.24, 2.45) is 0 Å². The van der Waals surface area contributed by atoms with Crippen molar-refractivity contribution in [2.45, 2.75) is 52.0 Å². The van der Waals surface area contributed by atoms with E-state index in [0.29, 0.717) is 41.6 Å². The number of aryl methyl sites for hydroxylation is 2. The maximum Gasteiger partial charge on any atom is 0.252 e. The van der Waals surface area contributed by atoms with Crippen molar-refractivity contribution in [3.05, 3.63) is 61.5 Å². The Kier molecular flexibility index (Phi) is 5.97. The molecular weight excluding hydrogens is 392 g/mol. The van der Waals surface area contributed by atoms with Crippen LogP contribution in [0.5, 0.6) is 5.75 Å². The molecule has 1 aromatic carbocycles. The first-order chi connectivity index (χ1) is 13.9. The summed E-state index contributed by atoms with van der Waals surface area (Å²) in [6.45, 7) is 6.12. The second kappa shape index (κ2) is 8.48. The average molecular weight is 419 g/mol. The lowest BCUT2D eigenvalue weighted by molar-refractivity contribution is -0.0135. The second-order valence-corrected chi connectivity index (χ2v) is 8.32. The van der Waals surface area contributed by atoms with Gasteiger partial charge in [-0.15, -0.1) is 0 Å². The van der Waals surface area contributed by atoms with Crippen LogP contribution >= 0.6 is 11.6 Å². The van der Waals surface area contributed by atoms with E-state index < -0.39 is 6.23 Å². The van der Waals surface area contributed by atoms with E-state index in [-0.39, 0.29) is 11.7 Å².